The zero-order valence-electron chi connectivity index (χ0n) is 34.0. The summed E-state index contributed by atoms with van der Waals surface area (Å²) in [4.78, 5) is 64.8. The van der Waals surface area contributed by atoms with Crippen LogP contribution in [0.15, 0.2) is 42.5 Å². The largest absolute Gasteiger partial charge is 0.504 e. The predicted molar refractivity (Wildman–Crippen MR) is 220 cm³/mol. The third-order valence-corrected chi connectivity index (χ3v) is 13.8. The number of carbonyl (C=O) groups is 4. The Kier molecular flexibility index (Phi) is 10.1. The number of imide groups is 1. The number of phenols is 1. The van der Waals surface area contributed by atoms with E-state index in [0.717, 1.165) is 62.4 Å². The second kappa shape index (κ2) is 15.3. The van der Waals surface area contributed by atoms with E-state index < -0.39 is 23.5 Å². The molecule has 2 aromatic carbocycles. The van der Waals surface area contributed by atoms with Gasteiger partial charge in [0.05, 0.1) is 16.9 Å². The van der Waals surface area contributed by atoms with Crippen molar-refractivity contribution >= 4 is 40.9 Å². The maximum atomic E-state index is 14.3. The number of fused-ring (bicyclic) bond motifs is 4. The number of nitrogens with one attached hydrogen (secondary N) is 2. The number of hydrogen-bond acceptors (Lipinski definition) is 11. The van der Waals surface area contributed by atoms with E-state index in [1.54, 1.807) is 17.0 Å². The number of para-hydroxylation sites is 1. The van der Waals surface area contributed by atoms with Gasteiger partial charge in [-0.25, -0.2) is 9.18 Å². The number of phenolic OH excluding ortho intramolecular Hbond substituents is 1. The van der Waals surface area contributed by atoms with Gasteiger partial charge in [0.25, 0.3) is 5.91 Å². The monoisotopic (exact) mass is 808 g/mol. The zero-order valence-corrected chi connectivity index (χ0v) is 34.0. The summed E-state index contributed by atoms with van der Waals surface area (Å²) in [6.45, 7) is 13.5. The third kappa shape index (κ3) is 6.98. The minimum absolute atomic E-state index is 0.0556. The van der Waals surface area contributed by atoms with Crippen LogP contribution in [0, 0.1) is 11.7 Å². The molecule has 0 aliphatic carbocycles. The average molecular weight is 809 g/mol. The fourth-order valence-corrected chi connectivity index (χ4v) is 10.3. The van der Waals surface area contributed by atoms with Crippen LogP contribution >= 0.6 is 0 Å². The van der Waals surface area contributed by atoms with Crippen molar-refractivity contribution in [1.82, 2.24) is 35.1 Å². The minimum Gasteiger partial charge on any atom is -0.504 e. The number of piperazine rings is 2. The Labute approximate surface area is 343 Å². The number of benzene rings is 2. The van der Waals surface area contributed by atoms with Crippen molar-refractivity contribution in [3.05, 3.63) is 59.4 Å². The second-order valence-electron chi connectivity index (χ2n) is 17.4. The molecule has 5 amide bonds. The first-order valence-electron chi connectivity index (χ1n) is 21.1. The Balaban J connectivity index is 0.792. The van der Waals surface area contributed by atoms with Gasteiger partial charge in [-0.05, 0) is 81.3 Å². The maximum Gasteiger partial charge on any atom is 0.320 e. The van der Waals surface area contributed by atoms with Crippen molar-refractivity contribution in [2.24, 2.45) is 5.92 Å². The molecule has 2 unspecified atom stereocenters. The number of aromatic nitrogens is 2. The molecule has 0 spiro atoms. The molecule has 59 heavy (non-hydrogen) atoms. The van der Waals surface area contributed by atoms with E-state index in [1.807, 2.05) is 23.1 Å². The number of hydrogen-bond donors (Lipinski definition) is 3. The first-order valence-corrected chi connectivity index (χ1v) is 21.1. The van der Waals surface area contributed by atoms with E-state index in [0.29, 0.717) is 68.7 Å². The summed E-state index contributed by atoms with van der Waals surface area (Å²) < 4.78 is 14.2. The Morgan fingerprint density at radius 1 is 0.966 bits per heavy atom. The smallest absolute Gasteiger partial charge is 0.320 e. The van der Waals surface area contributed by atoms with Gasteiger partial charge in [0.15, 0.2) is 17.4 Å². The van der Waals surface area contributed by atoms with Gasteiger partial charge in [-0.2, -0.15) is 0 Å². The van der Waals surface area contributed by atoms with Crippen molar-refractivity contribution in [1.29, 1.82) is 0 Å². The molecule has 6 aliphatic rings. The fraction of sp³-hybridized carbons (Fsp3) is 0.535. The molecule has 3 aromatic rings. The van der Waals surface area contributed by atoms with Gasteiger partial charge in [-0.3, -0.25) is 24.6 Å². The van der Waals surface area contributed by atoms with Crippen LogP contribution in [-0.4, -0.2) is 141 Å². The third-order valence-electron chi connectivity index (χ3n) is 13.8. The number of urea groups is 1. The lowest BCUT2D eigenvalue weighted by Crippen LogP contribution is -2.70. The van der Waals surface area contributed by atoms with E-state index in [1.165, 1.54) is 6.07 Å². The molecule has 4 saturated heterocycles. The Hall–Kier alpha value is -5.51. The highest BCUT2D eigenvalue weighted by molar-refractivity contribution is 6.05. The molecule has 0 saturated carbocycles. The van der Waals surface area contributed by atoms with Crippen LogP contribution < -0.4 is 20.4 Å². The lowest BCUT2D eigenvalue weighted by atomic mass is 9.87. The van der Waals surface area contributed by atoms with E-state index in [2.05, 4.69) is 67.3 Å². The molecule has 1 aromatic heterocycles. The second-order valence-corrected chi connectivity index (χ2v) is 17.4. The summed E-state index contributed by atoms with van der Waals surface area (Å²) in [5.74, 6) is -0.833. The molecule has 9 rings (SSSR count). The number of amides is 5. The molecule has 0 radical (unpaired) electrons. The summed E-state index contributed by atoms with van der Waals surface area (Å²) in [6, 6.07) is 12.0. The maximum absolute atomic E-state index is 14.3. The first kappa shape index (κ1) is 39.0. The molecule has 15 nitrogen and oxygen atoms in total. The number of halogens is 1. The fourth-order valence-electron chi connectivity index (χ4n) is 10.3. The summed E-state index contributed by atoms with van der Waals surface area (Å²) in [5.41, 5.74) is 3.71. The van der Waals surface area contributed by atoms with Crippen molar-refractivity contribution in [2.45, 2.75) is 83.1 Å². The molecule has 3 N–H and O–H groups in total. The molecular weight excluding hydrogens is 756 g/mol. The predicted octanol–water partition coefficient (Wildman–Crippen LogP) is 3.88. The summed E-state index contributed by atoms with van der Waals surface area (Å²) >= 11 is 0. The average Bonchev–Trinajstić information content (AvgIpc) is 3.57. The molecule has 6 aliphatic heterocycles. The Morgan fingerprint density at radius 2 is 1.78 bits per heavy atom. The zero-order chi connectivity index (χ0) is 41.2. The normalized spacial score (nSPS) is 26.3. The minimum atomic E-state index is -0.711. The molecule has 16 heteroatoms. The van der Waals surface area contributed by atoms with Crippen molar-refractivity contribution < 1.29 is 28.7 Å². The quantitative estimate of drug-likeness (QED) is 0.311. The number of carbonyl (C=O) groups excluding carboxylic acids is 4. The van der Waals surface area contributed by atoms with Crippen molar-refractivity contribution in [3.8, 4) is 17.0 Å². The SMILES string of the molecule is CCC12CNc3nnc(-c4cccc(F)c4O)cc3N1CCN(C(=O)N1C[C@H](C)N(CC3CCN(c4ccc5c(c4)C(=O)N(C4CCC(=O)NC4=O)C5)CC3)C[C@H]1C)C2. The van der Waals surface area contributed by atoms with Gasteiger partial charge >= 0.3 is 6.03 Å². The molecule has 4 fully saturated rings. The number of rotatable bonds is 6. The lowest BCUT2D eigenvalue weighted by Gasteiger charge is -2.55. The Bertz CT molecular complexity index is 2180. The number of piperidine rings is 2. The van der Waals surface area contributed by atoms with Gasteiger partial charge < -0.3 is 34.9 Å². The molecular formula is C43H53FN10O5. The van der Waals surface area contributed by atoms with Crippen LogP contribution in [0.2, 0.25) is 0 Å². The molecule has 4 atom stereocenters. The molecule has 312 valence electrons. The van der Waals surface area contributed by atoms with Crippen LogP contribution in [0.25, 0.3) is 11.3 Å². The highest BCUT2D eigenvalue weighted by Crippen LogP contribution is 2.42. The number of anilines is 3. The topological polar surface area (TPSA) is 158 Å². The highest BCUT2D eigenvalue weighted by atomic mass is 19.1. The van der Waals surface area contributed by atoms with E-state index in [4.69, 9.17) is 0 Å². The van der Waals surface area contributed by atoms with Crippen LogP contribution in [0.1, 0.15) is 68.8 Å². The number of aromatic hydroxyl groups is 1. The van der Waals surface area contributed by atoms with Crippen LogP contribution in [-0.2, 0) is 16.1 Å². The summed E-state index contributed by atoms with van der Waals surface area (Å²) in [7, 11) is 0. The van der Waals surface area contributed by atoms with Gasteiger partial charge in [-0.15, -0.1) is 10.2 Å². The van der Waals surface area contributed by atoms with Crippen molar-refractivity contribution in [3.63, 3.8) is 0 Å². The standard InChI is InChI=1S/C43H53FN10O5/c1-4-43-24-45-39-36(19-34(47-48-39)31-6-5-7-33(44)38(31)56)54(43)17-16-50(25-43)42(59)52-21-26(2)51(20-27(52)3)22-28-12-14-49(15-13-28)30-9-8-29-23-53(41(58)32(29)18-30)35-10-11-37(55)46-40(35)57/h5-9,18-19,26-28,35,56H,4,10-17,20-25H2,1-3H3,(H,45,48)(H,46,55,57)/t26-,27+,35?,43?/m0/s1. The van der Waals surface area contributed by atoms with Gasteiger partial charge in [0.1, 0.15) is 6.04 Å². The number of nitrogens with zero attached hydrogens (tertiary/aromatic N) is 8. The summed E-state index contributed by atoms with van der Waals surface area (Å²) in [6.07, 6.45) is 3.45. The lowest BCUT2D eigenvalue weighted by molar-refractivity contribution is -0.136. The van der Waals surface area contributed by atoms with Gasteiger partial charge in [0, 0.05) is 101 Å². The Morgan fingerprint density at radius 3 is 2.56 bits per heavy atom. The molecule has 0 bridgehead atoms. The van der Waals surface area contributed by atoms with Crippen LogP contribution in [0.5, 0.6) is 5.75 Å². The highest BCUT2D eigenvalue weighted by Gasteiger charge is 2.47. The van der Waals surface area contributed by atoms with Crippen LogP contribution in [0.3, 0.4) is 0 Å². The molecule has 7 heterocycles. The first-order chi connectivity index (χ1) is 28.4. The van der Waals surface area contributed by atoms with E-state index in [9.17, 15) is 28.7 Å². The van der Waals surface area contributed by atoms with E-state index in [-0.39, 0.29) is 47.5 Å². The van der Waals surface area contributed by atoms with Crippen molar-refractivity contribution in [2.75, 3.05) is 74.0 Å². The van der Waals surface area contributed by atoms with Gasteiger partial charge in [-0.1, -0.05) is 19.1 Å². The van der Waals surface area contributed by atoms with Gasteiger partial charge in [0.2, 0.25) is 11.8 Å². The van der Waals surface area contributed by atoms with Crippen LogP contribution in [0.4, 0.5) is 26.4 Å². The van der Waals surface area contributed by atoms with E-state index >= 15 is 0 Å². The summed E-state index contributed by atoms with van der Waals surface area (Å²) in [5, 5.41) is 24.9.